The van der Waals surface area contributed by atoms with Crippen LogP contribution in [0.4, 0.5) is 5.69 Å². The van der Waals surface area contributed by atoms with E-state index in [1.165, 1.54) is 0 Å². The van der Waals surface area contributed by atoms with E-state index in [2.05, 4.69) is 26.4 Å². The Bertz CT molecular complexity index is 634. The zero-order valence-electron chi connectivity index (χ0n) is 11.1. The fourth-order valence-electron chi connectivity index (χ4n) is 1.99. The molecule has 0 amide bonds. The van der Waals surface area contributed by atoms with E-state index >= 15 is 0 Å². The Kier molecular flexibility index (Phi) is 5.47. The Labute approximate surface area is 136 Å². The SMILES string of the molecule is N/C(CC(Nc1cccc(Cl)c1Br)c1ccccc1)=N/O. The van der Waals surface area contributed by atoms with E-state index in [9.17, 15) is 0 Å². The average Bonchev–Trinajstić information content (AvgIpc) is 2.51. The van der Waals surface area contributed by atoms with Gasteiger partial charge >= 0.3 is 0 Å². The number of benzene rings is 2. The van der Waals surface area contributed by atoms with Crippen LogP contribution in [0.5, 0.6) is 0 Å². The van der Waals surface area contributed by atoms with E-state index in [1.54, 1.807) is 6.07 Å². The third kappa shape index (κ3) is 4.12. The van der Waals surface area contributed by atoms with Crippen molar-refractivity contribution in [2.75, 3.05) is 5.32 Å². The maximum atomic E-state index is 8.80. The zero-order chi connectivity index (χ0) is 15.2. The van der Waals surface area contributed by atoms with Gasteiger partial charge in [-0.1, -0.05) is 53.2 Å². The largest absolute Gasteiger partial charge is 0.409 e. The van der Waals surface area contributed by atoms with Crippen LogP contribution in [0, 0.1) is 0 Å². The van der Waals surface area contributed by atoms with E-state index in [0.29, 0.717) is 11.4 Å². The predicted octanol–water partition coefficient (Wildman–Crippen LogP) is 4.39. The van der Waals surface area contributed by atoms with Gasteiger partial charge in [-0.05, 0) is 33.6 Å². The van der Waals surface area contributed by atoms with Crippen LogP contribution >= 0.6 is 27.5 Å². The molecule has 21 heavy (non-hydrogen) atoms. The third-order valence-electron chi connectivity index (χ3n) is 3.02. The van der Waals surface area contributed by atoms with Gasteiger partial charge in [0, 0.05) is 6.42 Å². The monoisotopic (exact) mass is 367 g/mol. The van der Waals surface area contributed by atoms with Crippen molar-refractivity contribution in [2.24, 2.45) is 10.9 Å². The molecule has 0 spiro atoms. The minimum Gasteiger partial charge on any atom is -0.409 e. The summed E-state index contributed by atoms with van der Waals surface area (Å²) >= 11 is 9.56. The summed E-state index contributed by atoms with van der Waals surface area (Å²) in [6.45, 7) is 0. The van der Waals surface area contributed by atoms with Crippen molar-refractivity contribution in [3.05, 3.63) is 63.6 Å². The molecule has 0 saturated carbocycles. The Morgan fingerprint density at radius 1 is 1.24 bits per heavy atom. The van der Waals surface area contributed by atoms with Crippen LogP contribution in [-0.2, 0) is 0 Å². The molecule has 2 aromatic rings. The summed E-state index contributed by atoms with van der Waals surface area (Å²) in [4.78, 5) is 0. The molecule has 1 unspecified atom stereocenters. The van der Waals surface area contributed by atoms with Gasteiger partial charge in [0.25, 0.3) is 0 Å². The van der Waals surface area contributed by atoms with Gasteiger partial charge in [0.05, 0.1) is 21.2 Å². The molecule has 4 nitrogen and oxygen atoms in total. The highest BCUT2D eigenvalue weighted by molar-refractivity contribution is 9.10. The van der Waals surface area contributed by atoms with Crippen molar-refractivity contribution in [3.63, 3.8) is 0 Å². The molecule has 0 aromatic heterocycles. The topological polar surface area (TPSA) is 70.6 Å². The molecule has 6 heteroatoms. The highest BCUT2D eigenvalue weighted by atomic mass is 79.9. The first-order valence-corrected chi connectivity index (χ1v) is 7.51. The van der Waals surface area contributed by atoms with Gasteiger partial charge in [0.15, 0.2) is 0 Å². The normalized spacial score (nSPS) is 13.0. The van der Waals surface area contributed by atoms with Crippen LogP contribution in [-0.4, -0.2) is 11.0 Å². The maximum Gasteiger partial charge on any atom is 0.141 e. The lowest BCUT2D eigenvalue weighted by atomic mass is 10.0. The number of anilines is 1. The molecule has 110 valence electrons. The number of hydrogen-bond donors (Lipinski definition) is 3. The van der Waals surface area contributed by atoms with Crippen LogP contribution in [0.25, 0.3) is 0 Å². The zero-order valence-corrected chi connectivity index (χ0v) is 13.5. The minimum absolute atomic E-state index is 0.128. The summed E-state index contributed by atoms with van der Waals surface area (Å²) in [7, 11) is 0. The first-order valence-electron chi connectivity index (χ1n) is 6.33. The molecule has 0 radical (unpaired) electrons. The van der Waals surface area contributed by atoms with Gasteiger partial charge in [-0.2, -0.15) is 0 Å². The second-order valence-corrected chi connectivity index (χ2v) is 5.70. The van der Waals surface area contributed by atoms with E-state index in [1.807, 2.05) is 42.5 Å². The van der Waals surface area contributed by atoms with Crippen LogP contribution in [0.1, 0.15) is 18.0 Å². The lowest BCUT2D eigenvalue weighted by molar-refractivity contribution is 0.316. The lowest BCUT2D eigenvalue weighted by Crippen LogP contribution is -2.21. The minimum atomic E-state index is -0.128. The molecule has 0 aliphatic carbocycles. The molecule has 0 bridgehead atoms. The van der Waals surface area contributed by atoms with Gasteiger partial charge in [-0.3, -0.25) is 0 Å². The number of nitrogens with two attached hydrogens (primary N) is 1. The summed E-state index contributed by atoms with van der Waals surface area (Å²) in [6.07, 6.45) is 0.374. The van der Waals surface area contributed by atoms with E-state index in [4.69, 9.17) is 22.5 Å². The number of halogens is 2. The van der Waals surface area contributed by atoms with Crippen molar-refractivity contribution >= 4 is 39.1 Å². The molecule has 0 saturated heterocycles. The number of nitrogens with zero attached hydrogens (tertiary/aromatic N) is 1. The number of hydrogen-bond acceptors (Lipinski definition) is 3. The summed E-state index contributed by atoms with van der Waals surface area (Å²) in [5.41, 5.74) is 7.54. The Balaban J connectivity index is 2.30. The van der Waals surface area contributed by atoms with Crippen molar-refractivity contribution < 1.29 is 5.21 Å². The summed E-state index contributed by atoms with van der Waals surface area (Å²) in [5.74, 6) is 0.162. The fraction of sp³-hybridized carbons (Fsp3) is 0.133. The number of amidine groups is 1. The second-order valence-electron chi connectivity index (χ2n) is 4.50. The smallest absolute Gasteiger partial charge is 0.141 e. The number of oxime groups is 1. The first-order chi connectivity index (χ1) is 10.1. The van der Waals surface area contributed by atoms with Crippen LogP contribution in [0.3, 0.4) is 0 Å². The fourth-order valence-corrected chi connectivity index (χ4v) is 2.54. The summed E-state index contributed by atoms with van der Waals surface area (Å²) in [6, 6.07) is 15.3. The molecule has 0 aliphatic heterocycles. The van der Waals surface area contributed by atoms with Crippen LogP contribution in [0.15, 0.2) is 58.2 Å². The van der Waals surface area contributed by atoms with Gasteiger partial charge in [0.1, 0.15) is 5.84 Å². The Hall–Kier alpha value is -1.72. The number of nitrogens with one attached hydrogen (secondary N) is 1. The molecule has 1 atom stereocenters. The van der Waals surface area contributed by atoms with E-state index in [0.717, 1.165) is 15.7 Å². The van der Waals surface area contributed by atoms with Gasteiger partial charge in [-0.25, -0.2) is 0 Å². The average molecular weight is 369 g/mol. The Morgan fingerprint density at radius 3 is 2.62 bits per heavy atom. The standard InChI is InChI=1S/C15H15BrClN3O/c16-15-11(17)7-4-8-12(15)19-13(9-14(18)20-21)10-5-2-1-3-6-10/h1-8,13,19,21H,9H2,(H2,18,20). The second kappa shape index (κ2) is 7.33. The molecular weight excluding hydrogens is 354 g/mol. The van der Waals surface area contributed by atoms with Gasteiger partial charge in [0.2, 0.25) is 0 Å². The highest BCUT2D eigenvalue weighted by Gasteiger charge is 2.15. The summed E-state index contributed by atoms with van der Waals surface area (Å²) in [5, 5.41) is 15.8. The van der Waals surface area contributed by atoms with Crippen molar-refractivity contribution in [3.8, 4) is 0 Å². The molecule has 0 aliphatic rings. The van der Waals surface area contributed by atoms with Crippen molar-refractivity contribution in [1.29, 1.82) is 0 Å². The summed E-state index contributed by atoms with van der Waals surface area (Å²) < 4.78 is 0.784. The molecule has 4 N–H and O–H groups in total. The quantitative estimate of drug-likeness (QED) is 0.317. The predicted molar refractivity (Wildman–Crippen MR) is 90.0 cm³/mol. The molecule has 0 fully saturated rings. The van der Waals surface area contributed by atoms with Gasteiger partial charge in [-0.15, -0.1) is 0 Å². The lowest BCUT2D eigenvalue weighted by Gasteiger charge is -2.21. The molecular formula is C15H15BrClN3O. The van der Waals surface area contributed by atoms with Gasteiger partial charge < -0.3 is 16.3 Å². The Morgan fingerprint density at radius 2 is 1.95 bits per heavy atom. The van der Waals surface area contributed by atoms with E-state index < -0.39 is 0 Å². The highest BCUT2D eigenvalue weighted by Crippen LogP contribution is 2.33. The van der Waals surface area contributed by atoms with Crippen LogP contribution < -0.4 is 11.1 Å². The maximum absolute atomic E-state index is 8.80. The number of rotatable bonds is 5. The van der Waals surface area contributed by atoms with Crippen molar-refractivity contribution in [1.82, 2.24) is 0 Å². The first kappa shape index (κ1) is 15.7. The third-order valence-corrected chi connectivity index (χ3v) is 4.42. The molecule has 2 rings (SSSR count). The van der Waals surface area contributed by atoms with E-state index in [-0.39, 0.29) is 11.9 Å². The molecule has 2 aromatic carbocycles. The van der Waals surface area contributed by atoms with Crippen molar-refractivity contribution in [2.45, 2.75) is 12.5 Å². The molecule has 0 heterocycles. The van der Waals surface area contributed by atoms with Crippen LogP contribution in [0.2, 0.25) is 5.02 Å².